The van der Waals surface area contributed by atoms with E-state index in [1.807, 2.05) is 13.0 Å². The number of hydrogen-bond acceptors (Lipinski definition) is 3. The summed E-state index contributed by atoms with van der Waals surface area (Å²) in [4.78, 5) is 5.05. The molecule has 3 rings (SSSR count). The molecule has 100 valence electrons. The van der Waals surface area contributed by atoms with E-state index in [1.54, 1.807) is 0 Å². The number of anilines is 1. The summed E-state index contributed by atoms with van der Waals surface area (Å²) >= 11 is 0. The molecule has 3 nitrogen and oxygen atoms in total. The molecule has 0 spiro atoms. The fourth-order valence-electron chi connectivity index (χ4n) is 3.51. The average molecular weight is 255 g/mol. The van der Waals surface area contributed by atoms with Crippen LogP contribution in [0, 0.1) is 18.3 Å². The zero-order valence-electron chi connectivity index (χ0n) is 11.8. The number of fused-ring (bicyclic) bond motifs is 1. The molecule has 0 aromatic heterocycles. The number of hydrogen-bond donors (Lipinski definition) is 0. The van der Waals surface area contributed by atoms with E-state index in [1.165, 1.54) is 19.4 Å². The molecule has 2 unspecified atom stereocenters. The first-order chi connectivity index (χ1) is 9.19. The molecule has 2 heterocycles. The number of nitriles is 1. The van der Waals surface area contributed by atoms with Crippen LogP contribution >= 0.6 is 0 Å². The summed E-state index contributed by atoms with van der Waals surface area (Å²) in [7, 11) is 0. The number of aryl methyl sites for hydroxylation is 1. The molecule has 2 aliphatic heterocycles. The van der Waals surface area contributed by atoms with Gasteiger partial charge in [-0.25, -0.2) is 0 Å². The molecule has 1 aromatic rings. The Hall–Kier alpha value is -1.53. The van der Waals surface area contributed by atoms with Crippen LogP contribution in [0.5, 0.6) is 0 Å². The van der Waals surface area contributed by atoms with Crippen LogP contribution in [0.4, 0.5) is 5.69 Å². The maximum atomic E-state index is 9.36. The molecule has 2 atom stereocenters. The quantitative estimate of drug-likeness (QED) is 0.772. The number of nitrogens with zero attached hydrogens (tertiary/aromatic N) is 3. The van der Waals surface area contributed by atoms with Crippen molar-refractivity contribution < 1.29 is 0 Å². The van der Waals surface area contributed by atoms with Crippen LogP contribution in [-0.2, 0) is 0 Å². The maximum absolute atomic E-state index is 9.36. The SMILES string of the molecule is Cc1ccc(N2CC3CCCN3CC2C)c(C#N)c1. The highest BCUT2D eigenvalue weighted by atomic mass is 15.3. The van der Waals surface area contributed by atoms with Crippen molar-refractivity contribution in [2.75, 3.05) is 24.5 Å². The van der Waals surface area contributed by atoms with Gasteiger partial charge in [0.2, 0.25) is 0 Å². The van der Waals surface area contributed by atoms with Crippen molar-refractivity contribution in [1.29, 1.82) is 5.26 Å². The van der Waals surface area contributed by atoms with Crippen LogP contribution in [-0.4, -0.2) is 36.6 Å². The van der Waals surface area contributed by atoms with Crippen LogP contribution in [0.2, 0.25) is 0 Å². The van der Waals surface area contributed by atoms with E-state index in [-0.39, 0.29) is 0 Å². The monoisotopic (exact) mass is 255 g/mol. The molecule has 0 bridgehead atoms. The second-order valence-corrected chi connectivity index (χ2v) is 5.92. The van der Waals surface area contributed by atoms with E-state index in [0.717, 1.165) is 29.9 Å². The van der Waals surface area contributed by atoms with E-state index in [0.29, 0.717) is 12.1 Å². The van der Waals surface area contributed by atoms with E-state index in [2.05, 4.69) is 34.9 Å². The molecule has 2 saturated heterocycles. The normalized spacial score (nSPS) is 27.1. The highest BCUT2D eigenvalue weighted by Gasteiger charge is 2.35. The highest BCUT2D eigenvalue weighted by Crippen LogP contribution is 2.30. The van der Waals surface area contributed by atoms with Gasteiger partial charge in [0.1, 0.15) is 6.07 Å². The van der Waals surface area contributed by atoms with Gasteiger partial charge < -0.3 is 4.90 Å². The van der Waals surface area contributed by atoms with Gasteiger partial charge in [0, 0.05) is 25.2 Å². The Morgan fingerprint density at radius 1 is 1.32 bits per heavy atom. The lowest BCUT2D eigenvalue weighted by Crippen LogP contribution is -2.55. The van der Waals surface area contributed by atoms with Gasteiger partial charge in [0.05, 0.1) is 11.3 Å². The zero-order valence-corrected chi connectivity index (χ0v) is 11.8. The van der Waals surface area contributed by atoms with Gasteiger partial charge in [-0.15, -0.1) is 0 Å². The second-order valence-electron chi connectivity index (χ2n) is 5.92. The van der Waals surface area contributed by atoms with Gasteiger partial charge in [0.15, 0.2) is 0 Å². The summed E-state index contributed by atoms with van der Waals surface area (Å²) in [6.07, 6.45) is 2.63. The smallest absolute Gasteiger partial charge is 0.101 e. The Bertz CT molecular complexity index is 517. The van der Waals surface area contributed by atoms with E-state index in [4.69, 9.17) is 0 Å². The van der Waals surface area contributed by atoms with Gasteiger partial charge in [-0.3, -0.25) is 4.90 Å². The van der Waals surface area contributed by atoms with Crippen molar-refractivity contribution in [3.05, 3.63) is 29.3 Å². The molecule has 2 aliphatic rings. The number of benzene rings is 1. The molecule has 0 N–H and O–H groups in total. The van der Waals surface area contributed by atoms with Crippen molar-refractivity contribution in [3.8, 4) is 6.07 Å². The number of piperazine rings is 1. The summed E-state index contributed by atoms with van der Waals surface area (Å²) in [5, 5.41) is 9.36. The molecular formula is C16H21N3. The van der Waals surface area contributed by atoms with Gasteiger partial charge in [-0.1, -0.05) is 6.07 Å². The lowest BCUT2D eigenvalue weighted by Gasteiger charge is -2.44. The van der Waals surface area contributed by atoms with Gasteiger partial charge in [-0.05, 0) is 50.9 Å². The fourth-order valence-corrected chi connectivity index (χ4v) is 3.51. The minimum absolute atomic E-state index is 0.490. The average Bonchev–Trinajstić information content (AvgIpc) is 2.85. The van der Waals surface area contributed by atoms with Gasteiger partial charge in [0.25, 0.3) is 0 Å². The van der Waals surface area contributed by atoms with Crippen molar-refractivity contribution in [2.45, 2.75) is 38.8 Å². The van der Waals surface area contributed by atoms with Crippen LogP contribution < -0.4 is 4.90 Å². The van der Waals surface area contributed by atoms with Crippen LogP contribution in [0.3, 0.4) is 0 Å². The molecule has 19 heavy (non-hydrogen) atoms. The van der Waals surface area contributed by atoms with Crippen molar-refractivity contribution >= 4 is 5.69 Å². The molecule has 0 amide bonds. The molecular weight excluding hydrogens is 234 g/mol. The van der Waals surface area contributed by atoms with E-state index < -0.39 is 0 Å². The summed E-state index contributed by atoms with van der Waals surface area (Å²) < 4.78 is 0. The first-order valence-electron chi connectivity index (χ1n) is 7.20. The maximum Gasteiger partial charge on any atom is 0.101 e. The first kappa shape index (κ1) is 12.5. The summed E-state index contributed by atoms with van der Waals surface area (Å²) in [6.45, 7) is 7.77. The lowest BCUT2D eigenvalue weighted by molar-refractivity contribution is 0.203. The third kappa shape index (κ3) is 2.21. The van der Waals surface area contributed by atoms with Crippen LogP contribution in [0.1, 0.15) is 30.9 Å². The minimum atomic E-state index is 0.490. The Labute approximate surface area is 115 Å². The summed E-state index contributed by atoms with van der Waals surface area (Å²) in [5.74, 6) is 0. The lowest BCUT2D eigenvalue weighted by atomic mass is 10.0. The second kappa shape index (κ2) is 4.86. The van der Waals surface area contributed by atoms with Crippen molar-refractivity contribution in [3.63, 3.8) is 0 Å². The van der Waals surface area contributed by atoms with E-state index >= 15 is 0 Å². The van der Waals surface area contributed by atoms with Crippen LogP contribution in [0.15, 0.2) is 18.2 Å². The molecule has 0 aliphatic carbocycles. The Kier molecular flexibility index (Phi) is 3.20. The number of rotatable bonds is 1. The third-order valence-electron chi connectivity index (χ3n) is 4.52. The molecule has 2 fully saturated rings. The van der Waals surface area contributed by atoms with Crippen molar-refractivity contribution in [2.24, 2.45) is 0 Å². The van der Waals surface area contributed by atoms with Gasteiger partial charge in [-0.2, -0.15) is 5.26 Å². The standard InChI is InChI=1S/C16H21N3/c1-12-5-6-16(14(8-12)9-17)19-11-15-4-3-7-18(15)10-13(19)2/h5-6,8,13,15H,3-4,7,10-11H2,1-2H3. The summed E-state index contributed by atoms with van der Waals surface area (Å²) in [6, 6.07) is 9.77. The summed E-state index contributed by atoms with van der Waals surface area (Å²) in [5.41, 5.74) is 3.10. The van der Waals surface area contributed by atoms with Crippen molar-refractivity contribution in [1.82, 2.24) is 4.90 Å². The Morgan fingerprint density at radius 2 is 2.16 bits per heavy atom. The van der Waals surface area contributed by atoms with Crippen LogP contribution in [0.25, 0.3) is 0 Å². The predicted molar refractivity (Wildman–Crippen MR) is 77.3 cm³/mol. The third-order valence-corrected chi connectivity index (χ3v) is 4.52. The molecule has 0 saturated carbocycles. The Balaban J connectivity index is 1.91. The predicted octanol–water partition coefficient (Wildman–Crippen LogP) is 2.54. The first-order valence-corrected chi connectivity index (χ1v) is 7.20. The zero-order chi connectivity index (χ0) is 13.4. The largest absolute Gasteiger partial charge is 0.365 e. The minimum Gasteiger partial charge on any atom is -0.365 e. The highest BCUT2D eigenvalue weighted by molar-refractivity contribution is 5.61. The Morgan fingerprint density at radius 3 is 2.95 bits per heavy atom. The van der Waals surface area contributed by atoms with Gasteiger partial charge >= 0.3 is 0 Å². The molecule has 0 radical (unpaired) electrons. The molecule has 1 aromatic carbocycles. The topological polar surface area (TPSA) is 30.3 Å². The van der Waals surface area contributed by atoms with E-state index in [9.17, 15) is 5.26 Å². The molecule has 3 heteroatoms. The fraction of sp³-hybridized carbons (Fsp3) is 0.562.